The summed E-state index contributed by atoms with van der Waals surface area (Å²) in [7, 11) is 0. The molecule has 31 heavy (non-hydrogen) atoms. The van der Waals surface area contributed by atoms with Gasteiger partial charge in [-0.2, -0.15) is 0 Å². The summed E-state index contributed by atoms with van der Waals surface area (Å²) in [4.78, 5) is 17.3. The maximum atomic E-state index is 12.7. The molecule has 1 aliphatic rings. The maximum absolute atomic E-state index is 12.7. The van der Waals surface area contributed by atoms with Gasteiger partial charge in [0.15, 0.2) is 0 Å². The second kappa shape index (κ2) is 11.8. The van der Waals surface area contributed by atoms with E-state index in [9.17, 15) is 4.79 Å². The molecule has 2 aromatic rings. The largest absolute Gasteiger partial charge is 0.494 e. The number of anilines is 2. The molecule has 0 saturated carbocycles. The zero-order chi connectivity index (χ0) is 21.5. The summed E-state index contributed by atoms with van der Waals surface area (Å²) in [5, 5.41) is 3.00. The van der Waals surface area contributed by atoms with Crippen LogP contribution in [0.3, 0.4) is 0 Å². The normalized spacial score (nSPS) is 14.0. The second-order valence-electron chi connectivity index (χ2n) is 7.55. The van der Waals surface area contributed by atoms with E-state index in [4.69, 9.17) is 9.47 Å². The second-order valence-corrected chi connectivity index (χ2v) is 7.55. The van der Waals surface area contributed by atoms with Crippen LogP contribution in [-0.2, 0) is 4.79 Å². The van der Waals surface area contributed by atoms with Crippen molar-refractivity contribution in [1.29, 1.82) is 0 Å². The highest BCUT2D eigenvalue weighted by Gasteiger charge is 2.21. The zero-order valence-electron chi connectivity index (χ0n) is 18.9. The summed E-state index contributed by atoms with van der Waals surface area (Å²) < 4.78 is 11.2. The number of nitrogens with one attached hydrogen (secondary N) is 1. The van der Waals surface area contributed by atoms with Crippen molar-refractivity contribution >= 4 is 29.7 Å². The first-order valence-corrected chi connectivity index (χ1v) is 10.7. The molecule has 1 fully saturated rings. The minimum absolute atomic E-state index is 0. The highest BCUT2D eigenvalue weighted by molar-refractivity contribution is 5.94. The number of amides is 1. The van der Waals surface area contributed by atoms with Gasteiger partial charge in [-0.1, -0.05) is 12.1 Å². The van der Waals surface area contributed by atoms with Crippen molar-refractivity contribution in [3.05, 3.63) is 47.5 Å². The minimum Gasteiger partial charge on any atom is -0.494 e. The molecule has 0 atom stereocenters. The van der Waals surface area contributed by atoms with Crippen LogP contribution in [0.2, 0.25) is 0 Å². The smallest absolute Gasteiger partial charge is 0.238 e. The van der Waals surface area contributed by atoms with Gasteiger partial charge in [0.2, 0.25) is 5.91 Å². The van der Waals surface area contributed by atoms with E-state index in [1.165, 1.54) is 16.8 Å². The van der Waals surface area contributed by atoms with Crippen LogP contribution in [0, 0.1) is 13.8 Å². The van der Waals surface area contributed by atoms with Crippen LogP contribution in [0.25, 0.3) is 0 Å². The number of carbonyl (C=O) groups excluding carboxylic acids is 1. The van der Waals surface area contributed by atoms with Gasteiger partial charge in [-0.25, -0.2) is 0 Å². The van der Waals surface area contributed by atoms with Gasteiger partial charge in [-0.15, -0.1) is 12.4 Å². The third-order valence-corrected chi connectivity index (χ3v) is 5.49. The Hall–Kier alpha value is -2.44. The molecular formula is C24H34ClN3O3. The molecule has 0 aromatic heterocycles. The number of halogens is 1. The van der Waals surface area contributed by atoms with Crippen LogP contribution in [0.4, 0.5) is 11.4 Å². The van der Waals surface area contributed by atoms with E-state index >= 15 is 0 Å². The molecule has 7 heteroatoms. The fraction of sp³-hybridized carbons (Fsp3) is 0.458. The lowest BCUT2D eigenvalue weighted by Crippen LogP contribution is -2.48. The summed E-state index contributed by atoms with van der Waals surface area (Å²) in [5.74, 6) is 1.34. The van der Waals surface area contributed by atoms with Gasteiger partial charge in [0.05, 0.1) is 25.4 Å². The maximum Gasteiger partial charge on any atom is 0.238 e. The van der Waals surface area contributed by atoms with Crippen molar-refractivity contribution in [2.45, 2.75) is 27.7 Å². The first-order valence-electron chi connectivity index (χ1n) is 10.7. The molecule has 1 aliphatic heterocycles. The van der Waals surface area contributed by atoms with E-state index in [1.54, 1.807) is 0 Å². The van der Waals surface area contributed by atoms with Gasteiger partial charge in [-0.3, -0.25) is 9.69 Å². The fourth-order valence-electron chi connectivity index (χ4n) is 3.76. The summed E-state index contributed by atoms with van der Waals surface area (Å²) in [5.41, 5.74) is 4.60. The topological polar surface area (TPSA) is 54.0 Å². The number of hydrogen-bond donors (Lipinski definition) is 1. The lowest BCUT2D eigenvalue weighted by atomic mass is 10.1. The van der Waals surface area contributed by atoms with Crippen molar-refractivity contribution in [3.63, 3.8) is 0 Å². The molecule has 0 unspecified atom stereocenters. The molecule has 0 bridgehead atoms. The van der Waals surface area contributed by atoms with Gasteiger partial charge >= 0.3 is 0 Å². The summed E-state index contributed by atoms with van der Waals surface area (Å²) in [6.45, 7) is 13.2. The molecule has 3 rings (SSSR count). The van der Waals surface area contributed by atoms with Gasteiger partial charge in [0.1, 0.15) is 11.5 Å². The highest BCUT2D eigenvalue weighted by Crippen LogP contribution is 2.29. The summed E-state index contributed by atoms with van der Waals surface area (Å²) in [6.07, 6.45) is 0. The van der Waals surface area contributed by atoms with Crippen molar-refractivity contribution in [1.82, 2.24) is 4.90 Å². The van der Waals surface area contributed by atoms with E-state index in [0.29, 0.717) is 31.2 Å². The minimum atomic E-state index is -0.0372. The highest BCUT2D eigenvalue weighted by atomic mass is 35.5. The number of hydrogen-bond acceptors (Lipinski definition) is 5. The third kappa shape index (κ3) is 6.52. The van der Waals surface area contributed by atoms with E-state index in [2.05, 4.69) is 47.2 Å². The quantitative estimate of drug-likeness (QED) is 0.654. The number of carbonyl (C=O) groups is 1. The molecule has 1 N–H and O–H groups in total. The third-order valence-electron chi connectivity index (χ3n) is 5.49. The molecule has 1 amide bonds. The van der Waals surface area contributed by atoms with Crippen LogP contribution < -0.4 is 19.7 Å². The molecule has 2 aromatic carbocycles. The number of aryl methyl sites for hydroxylation is 1. The molecule has 0 spiro atoms. The summed E-state index contributed by atoms with van der Waals surface area (Å²) in [6, 6.07) is 12.0. The van der Waals surface area contributed by atoms with Gasteiger partial charge < -0.3 is 19.7 Å². The average Bonchev–Trinajstić information content (AvgIpc) is 2.73. The first-order chi connectivity index (χ1) is 14.5. The number of ether oxygens (including phenoxy) is 2. The monoisotopic (exact) mass is 447 g/mol. The van der Waals surface area contributed by atoms with Crippen molar-refractivity contribution in [3.8, 4) is 11.5 Å². The van der Waals surface area contributed by atoms with Crippen molar-refractivity contribution < 1.29 is 14.3 Å². The Labute approximate surface area is 191 Å². The Bertz CT molecular complexity index is 867. The van der Waals surface area contributed by atoms with Crippen LogP contribution in [0.15, 0.2) is 36.4 Å². The first kappa shape index (κ1) is 24.8. The van der Waals surface area contributed by atoms with Crippen molar-refractivity contribution in [2.75, 3.05) is 56.2 Å². The average molecular weight is 448 g/mol. The predicted octanol–water partition coefficient (Wildman–Crippen LogP) is 4.28. The number of rotatable bonds is 8. The molecule has 0 radical (unpaired) electrons. The lowest BCUT2D eigenvalue weighted by Gasteiger charge is -2.36. The SMILES string of the molecule is CCOc1ccc(OCC)c(NC(=O)CN2CCN(c3cccc(C)c3C)CC2)c1.Cl. The molecule has 170 valence electrons. The van der Waals surface area contributed by atoms with Gasteiger partial charge in [0.25, 0.3) is 0 Å². The van der Waals surface area contributed by atoms with Crippen LogP contribution in [0.5, 0.6) is 11.5 Å². The number of benzene rings is 2. The van der Waals surface area contributed by atoms with E-state index in [1.807, 2.05) is 32.0 Å². The van der Waals surface area contributed by atoms with Gasteiger partial charge in [0, 0.05) is 37.9 Å². The Kier molecular flexibility index (Phi) is 9.46. The predicted molar refractivity (Wildman–Crippen MR) is 129 cm³/mol. The molecule has 0 aliphatic carbocycles. The Morgan fingerprint density at radius 3 is 2.39 bits per heavy atom. The van der Waals surface area contributed by atoms with Crippen molar-refractivity contribution in [2.24, 2.45) is 0 Å². The number of nitrogens with zero attached hydrogens (tertiary/aromatic N) is 2. The van der Waals surface area contributed by atoms with E-state index in [-0.39, 0.29) is 18.3 Å². The van der Waals surface area contributed by atoms with Gasteiger partial charge in [-0.05, 0) is 57.0 Å². The lowest BCUT2D eigenvalue weighted by molar-refractivity contribution is -0.117. The summed E-state index contributed by atoms with van der Waals surface area (Å²) >= 11 is 0. The van der Waals surface area contributed by atoms with E-state index < -0.39 is 0 Å². The molecule has 1 heterocycles. The standard InChI is InChI=1S/C24H33N3O3.ClH/c1-5-29-20-10-11-23(30-6-2)21(16-20)25-24(28)17-26-12-14-27(15-13-26)22-9-7-8-18(3)19(22)4;/h7-11,16H,5-6,12-15,17H2,1-4H3,(H,25,28);1H. The van der Waals surface area contributed by atoms with E-state index in [0.717, 1.165) is 31.9 Å². The Balaban J connectivity index is 0.00000341. The fourth-order valence-corrected chi connectivity index (χ4v) is 3.76. The Morgan fingerprint density at radius 1 is 1.00 bits per heavy atom. The number of piperazine rings is 1. The van der Waals surface area contributed by atoms with Crippen LogP contribution >= 0.6 is 12.4 Å². The zero-order valence-corrected chi connectivity index (χ0v) is 19.8. The molecule has 6 nitrogen and oxygen atoms in total. The Morgan fingerprint density at radius 2 is 1.71 bits per heavy atom. The van der Waals surface area contributed by atoms with Crippen LogP contribution in [-0.4, -0.2) is 56.7 Å². The molecule has 1 saturated heterocycles. The van der Waals surface area contributed by atoms with Crippen LogP contribution in [0.1, 0.15) is 25.0 Å². The molecular weight excluding hydrogens is 414 g/mol.